The van der Waals surface area contributed by atoms with Gasteiger partial charge in [0.15, 0.2) is 18.3 Å². The Balaban J connectivity index is 5.55. The van der Waals surface area contributed by atoms with Crippen LogP contribution in [0.2, 0.25) is 0 Å². The molecule has 0 saturated heterocycles. The minimum absolute atomic E-state index is 0.613. The van der Waals surface area contributed by atoms with Gasteiger partial charge in [-0.05, 0) is 0 Å². The lowest BCUT2D eigenvalue weighted by Crippen LogP contribution is -2.54. The quantitative estimate of drug-likeness (QED) is 0.364. The number of aliphatic carboxylic acids is 1. The van der Waals surface area contributed by atoms with Crippen LogP contribution in [0.15, 0.2) is 0 Å². The molecule has 10 heteroatoms. The van der Waals surface area contributed by atoms with E-state index in [0.29, 0.717) is 0 Å². The summed E-state index contributed by atoms with van der Waals surface area (Å²) < 4.78 is 18.7. The number of ether oxygens (including phenoxy) is 4. The molecule has 0 aromatic rings. The van der Waals surface area contributed by atoms with E-state index in [4.69, 9.17) is 9.47 Å². The molecule has 0 aliphatic rings. The summed E-state index contributed by atoms with van der Waals surface area (Å²) >= 11 is 0. The highest BCUT2D eigenvalue weighted by Gasteiger charge is 2.38. The molecular formula is C13H17O10-. The van der Waals surface area contributed by atoms with Crippen molar-refractivity contribution in [2.24, 2.45) is 0 Å². The van der Waals surface area contributed by atoms with Crippen molar-refractivity contribution >= 4 is 29.8 Å². The SMILES string of the molecule is CC(=O)OC[C@@H](OC(C)=O)[C@@H](OC(C)=O)[C@H](OC(C)=O)C(=O)[O-]. The van der Waals surface area contributed by atoms with Gasteiger partial charge in [0.1, 0.15) is 6.61 Å². The van der Waals surface area contributed by atoms with Crippen LogP contribution in [0.4, 0.5) is 0 Å². The molecule has 130 valence electrons. The van der Waals surface area contributed by atoms with Crippen LogP contribution in [0.5, 0.6) is 0 Å². The minimum Gasteiger partial charge on any atom is -0.546 e. The first-order valence-corrected chi connectivity index (χ1v) is 6.40. The lowest BCUT2D eigenvalue weighted by molar-refractivity contribution is -0.320. The van der Waals surface area contributed by atoms with Crippen LogP contribution in [0.25, 0.3) is 0 Å². The highest BCUT2D eigenvalue weighted by Crippen LogP contribution is 2.15. The van der Waals surface area contributed by atoms with Gasteiger partial charge in [0.05, 0.1) is 5.97 Å². The molecule has 0 saturated carbocycles. The Morgan fingerprint density at radius 2 is 1.26 bits per heavy atom. The Labute approximate surface area is 131 Å². The molecule has 10 nitrogen and oxygen atoms in total. The fraction of sp³-hybridized carbons (Fsp3) is 0.615. The van der Waals surface area contributed by atoms with E-state index in [1.807, 2.05) is 0 Å². The molecule has 0 fully saturated rings. The second-order valence-corrected chi connectivity index (χ2v) is 4.37. The van der Waals surface area contributed by atoms with E-state index in [-0.39, 0.29) is 0 Å². The third-order valence-corrected chi connectivity index (χ3v) is 2.26. The zero-order valence-electron chi connectivity index (χ0n) is 13.0. The number of carbonyl (C=O) groups excluding carboxylic acids is 5. The number of hydrogen-bond donors (Lipinski definition) is 0. The van der Waals surface area contributed by atoms with E-state index < -0.39 is 54.8 Å². The van der Waals surface area contributed by atoms with Crippen LogP contribution in [-0.2, 0) is 42.9 Å². The number of carbonyl (C=O) groups is 5. The summed E-state index contributed by atoms with van der Waals surface area (Å²) in [4.78, 5) is 55.3. The maximum absolute atomic E-state index is 11.2. The minimum atomic E-state index is -2.06. The van der Waals surface area contributed by atoms with Crippen LogP contribution < -0.4 is 5.11 Å². The standard InChI is InChI=1S/C13H18O10/c1-6(14)20-5-10(21-7(2)15)11(22-8(3)16)12(13(18)19)23-9(4)17/h10-12H,5H2,1-4H3,(H,18,19)/p-1/t10-,11-,12+/m1/s1. The van der Waals surface area contributed by atoms with Crippen LogP contribution in [0, 0.1) is 0 Å². The molecule has 3 atom stereocenters. The predicted octanol–water partition coefficient (Wildman–Crippen LogP) is -1.91. The van der Waals surface area contributed by atoms with Gasteiger partial charge in [-0.25, -0.2) is 0 Å². The molecular weight excluding hydrogens is 316 g/mol. The zero-order chi connectivity index (χ0) is 18.2. The topological polar surface area (TPSA) is 145 Å². The first kappa shape index (κ1) is 20.3. The number of esters is 4. The Morgan fingerprint density at radius 1 is 0.783 bits per heavy atom. The monoisotopic (exact) mass is 333 g/mol. The fourth-order valence-electron chi connectivity index (χ4n) is 1.56. The van der Waals surface area contributed by atoms with E-state index in [9.17, 15) is 29.1 Å². The van der Waals surface area contributed by atoms with E-state index in [1.165, 1.54) is 0 Å². The molecule has 0 rings (SSSR count). The predicted molar refractivity (Wildman–Crippen MR) is 68.3 cm³/mol. The van der Waals surface area contributed by atoms with Crippen molar-refractivity contribution in [3.63, 3.8) is 0 Å². The van der Waals surface area contributed by atoms with E-state index >= 15 is 0 Å². The highest BCUT2D eigenvalue weighted by molar-refractivity contribution is 5.77. The maximum atomic E-state index is 11.2. The summed E-state index contributed by atoms with van der Waals surface area (Å²) in [5.74, 6) is -5.43. The Hall–Kier alpha value is -2.65. The van der Waals surface area contributed by atoms with E-state index in [2.05, 4.69) is 9.47 Å². The largest absolute Gasteiger partial charge is 0.546 e. The number of carboxylic acid groups (broad SMARTS) is 1. The Morgan fingerprint density at radius 3 is 1.61 bits per heavy atom. The lowest BCUT2D eigenvalue weighted by atomic mass is 10.1. The van der Waals surface area contributed by atoms with Gasteiger partial charge in [-0.15, -0.1) is 0 Å². The fourth-order valence-corrected chi connectivity index (χ4v) is 1.56. The smallest absolute Gasteiger partial charge is 0.303 e. The normalized spacial score (nSPS) is 13.9. The van der Waals surface area contributed by atoms with Gasteiger partial charge in [0.2, 0.25) is 0 Å². The molecule has 0 aromatic heterocycles. The van der Waals surface area contributed by atoms with Gasteiger partial charge in [-0.2, -0.15) is 0 Å². The van der Waals surface area contributed by atoms with Crippen molar-refractivity contribution in [1.82, 2.24) is 0 Å². The molecule has 0 spiro atoms. The average molecular weight is 333 g/mol. The van der Waals surface area contributed by atoms with Crippen molar-refractivity contribution in [2.75, 3.05) is 6.61 Å². The molecule has 23 heavy (non-hydrogen) atoms. The summed E-state index contributed by atoms with van der Waals surface area (Å²) in [6.45, 7) is 3.34. The highest BCUT2D eigenvalue weighted by atomic mass is 16.6. The van der Waals surface area contributed by atoms with Crippen molar-refractivity contribution in [1.29, 1.82) is 0 Å². The summed E-state index contributed by atoms with van der Waals surface area (Å²) in [6.07, 6.45) is -5.33. The summed E-state index contributed by atoms with van der Waals surface area (Å²) in [6, 6.07) is 0. The van der Waals surface area contributed by atoms with Crippen LogP contribution in [0.3, 0.4) is 0 Å². The molecule has 0 amide bonds. The second-order valence-electron chi connectivity index (χ2n) is 4.37. The van der Waals surface area contributed by atoms with Crippen molar-refractivity contribution in [3.8, 4) is 0 Å². The third kappa shape index (κ3) is 8.39. The number of rotatable bonds is 8. The Bertz CT molecular complexity index is 483. The first-order chi connectivity index (χ1) is 10.5. The molecule has 0 aliphatic carbocycles. The van der Waals surface area contributed by atoms with Gasteiger partial charge >= 0.3 is 23.9 Å². The Kier molecular flexibility index (Phi) is 8.30. The van der Waals surface area contributed by atoms with E-state index in [1.54, 1.807) is 0 Å². The molecule has 0 N–H and O–H groups in total. The maximum Gasteiger partial charge on any atom is 0.303 e. The van der Waals surface area contributed by atoms with Crippen LogP contribution in [-0.4, -0.2) is 54.8 Å². The molecule has 0 unspecified atom stereocenters. The molecule has 0 heterocycles. The summed E-state index contributed by atoms with van der Waals surface area (Å²) in [5, 5.41) is 11.2. The molecule has 0 aliphatic heterocycles. The van der Waals surface area contributed by atoms with E-state index in [0.717, 1.165) is 27.7 Å². The van der Waals surface area contributed by atoms with Crippen LogP contribution >= 0.6 is 0 Å². The summed E-state index contributed by atoms with van der Waals surface area (Å²) in [5.41, 5.74) is 0. The second kappa shape index (κ2) is 9.38. The van der Waals surface area contributed by atoms with Gasteiger partial charge < -0.3 is 28.8 Å². The first-order valence-electron chi connectivity index (χ1n) is 6.40. The van der Waals surface area contributed by atoms with Gasteiger partial charge in [-0.3, -0.25) is 19.2 Å². The third-order valence-electron chi connectivity index (χ3n) is 2.26. The number of hydrogen-bond acceptors (Lipinski definition) is 10. The van der Waals surface area contributed by atoms with Crippen molar-refractivity contribution in [3.05, 3.63) is 0 Å². The average Bonchev–Trinajstić information content (AvgIpc) is 2.37. The molecule has 0 aromatic carbocycles. The van der Waals surface area contributed by atoms with Gasteiger partial charge in [0, 0.05) is 27.7 Å². The van der Waals surface area contributed by atoms with Crippen LogP contribution in [0.1, 0.15) is 27.7 Å². The zero-order valence-corrected chi connectivity index (χ0v) is 13.0. The van der Waals surface area contributed by atoms with Gasteiger partial charge in [-0.1, -0.05) is 0 Å². The molecule has 0 bridgehead atoms. The lowest BCUT2D eigenvalue weighted by Gasteiger charge is -2.31. The van der Waals surface area contributed by atoms with Crippen molar-refractivity contribution in [2.45, 2.75) is 46.0 Å². The molecule has 0 radical (unpaired) electrons. The number of carboxylic acids is 1. The summed E-state index contributed by atoms with van der Waals surface area (Å²) in [7, 11) is 0. The van der Waals surface area contributed by atoms with Crippen molar-refractivity contribution < 1.29 is 48.0 Å². The van der Waals surface area contributed by atoms with Gasteiger partial charge in [0.25, 0.3) is 0 Å².